The fraction of sp³-hybridized carbons (Fsp3) is 0.808. The Hall–Kier alpha value is -2.03. The van der Waals surface area contributed by atoms with Crippen molar-refractivity contribution in [2.24, 2.45) is 0 Å². The van der Waals surface area contributed by atoms with Crippen molar-refractivity contribution in [1.29, 1.82) is 0 Å². The smallest absolute Gasteiger partial charge is 0.462 e. The second kappa shape index (κ2) is 44.2. The van der Waals surface area contributed by atoms with Gasteiger partial charge in [0.05, 0.1) is 27.7 Å². The molecule has 2 atom stereocenters. The number of nitrogens with zero attached hydrogens (tertiary/aromatic N) is 1. The van der Waals surface area contributed by atoms with Crippen LogP contribution in [0.5, 0.6) is 0 Å². The maximum absolute atomic E-state index is 12.7. The molecule has 9 nitrogen and oxygen atoms in total. The zero-order valence-corrected chi connectivity index (χ0v) is 41.7. The highest BCUT2D eigenvalue weighted by Crippen LogP contribution is 2.43. The van der Waals surface area contributed by atoms with Crippen LogP contribution in [0.25, 0.3) is 0 Å². The maximum Gasteiger partial charge on any atom is 0.472 e. The van der Waals surface area contributed by atoms with Gasteiger partial charge in [0.15, 0.2) is 6.10 Å². The fourth-order valence-corrected chi connectivity index (χ4v) is 7.58. The van der Waals surface area contributed by atoms with Crippen LogP contribution < -0.4 is 0 Å². The van der Waals surface area contributed by atoms with Gasteiger partial charge in [0.1, 0.15) is 19.8 Å². The van der Waals surface area contributed by atoms with Gasteiger partial charge < -0.3 is 18.9 Å². The number of phosphoric acid groups is 1. The second-order valence-electron chi connectivity index (χ2n) is 18.2. The molecule has 0 saturated heterocycles. The number of hydrogen-bond acceptors (Lipinski definition) is 7. The van der Waals surface area contributed by atoms with E-state index < -0.39 is 26.5 Å². The SMILES string of the molecule is CCCCCCC/C=C\C/C=C\C/C=C\CCCCCCCCC(=O)OC(COC(=O)CCCCCCCCC/C=C\CCCCCCCC)COP(=O)(O)OCC[N+](C)(C)C. The molecule has 0 fully saturated rings. The zero-order chi connectivity index (χ0) is 45.7. The number of allylic oxidation sites excluding steroid dienone is 8. The molecular weight excluding hydrogens is 798 g/mol. The summed E-state index contributed by atoms with van der Waals surface area (Å²) in [6, 6.07) is 0. The highest BCUT2D eigenvalue weighted by molar-refractivity contribution is 7.47. The number of phosphoric ester groups is 1. The van der Waals surface area contributed by atoms with Gasteiger partial charge in [-0.15, -0.1) is 0 Å². The van der Waals surface area contributed by atoms with Gasteiger partial charge in [-0.25, -0.2) is 4.57 Å². The lowest BCUT2D eigenvalue weighted by atomic mass is 10.1. The Balaban J connectivity index is 4.31. The van der Waals surface area contributed by atoms with Gasteiger partial charge in [0.25, 0.3) is 0 Å². The lowest BCUT2D eigenvalue weighted by Gasteiger charge is -2.24. The third-order valence-corrected chi connectivity index (χ3v) is 11.8. The van der Waals surface area contributed by atoms with Gasteiger partial charge in [0, 0.05) is 12.8 Å². The summed E-state index contributed by atoms with van der Waals surface area (Å²) in [5.74, 6) is -0.815. The van der Waals surface area contributed by atoms with Gasteiger partial charge in [0.2, 0.25) is 0 Å². The van der Waals surface area contributed by atoms with Gasteiger partial charge in [-0.05, 0) is 77.0 Å². The van der Waals surface area contributed by atoms with Crippen molar-refractivity contribution < 1.29 is 42.1 Å². The van der Waals surface area contributed by atoms with Crippen LogP contribution >= 0.6 is 7.82 Å². The first-order valence-corrected chi connectivity index (χ1v) is 26.9. The van der Waals surface area contributed by atoms with E-state index in [-0.39, 0.29) is 32.0 Å². The number of rotatable bonds is 46. The van der Waals surface area contributed by atoms with Gasteiger partial charge in [-0.2, -0.15) is 0 Å². The zero-order valence-electron chi connectivity index (χ0n) is 40.9. The van der Waals surface area contributed by atoms with E-state index in [1.54, 1.807) is 0 Å². The minimum atomic E-state index is -4.39. The normalized spacial score (nSPS) is 13.8. The minimum absolute atomic E-state index is 0.0271. The predicted molar refractivity (Wildman–Crippen MR) is 261 cm³/mol. The molecule has 0 bridgehead atoms. The van der Waals surface area contributed by atoms with Crippen LogP contribution in [-0.4, -0.2) is 74.9 Å². The summed E-state index contributed by atoms with van der Waals surface area (Å²) < 4.78 is 34.4. The summed E-state index contributed by atoms with van der Waals surface area (Å²) in [6.45, 7) is 4.40. The molecule has 0 amide bonds. The molecule has 62 heavy (non-hydrogen) atoms. The van der Waals surface area contributed by atoms with Crippen LogP contribution in [0.4, 0.5) is 0 Å². The first-order valence-electron chi connectivity index (χ1n) is 25.4. The first kappa shape index (κ1) is 60.0. The average molecular weight is 895 g/mol. The monoisotopic (exact) mass is 895 g/mol. The van der Waals surface area contributed by atoms with Crippen molar-refractivity contribution in [3.63, 3.8) is 0 Å². The molecule has 0 aromatic heterocycles. The van der Waals surface area contributed by atoms with Crippen molar-refractivity contribution in [1.82, 2.24) is 0 Å². The maximum atomic E-state index is 12.7. The molecule has 0 radical (unpaired) electrons. The number of carbonyl (C=O) groups is 2. The van der Waals surface area contributed by atoms with Crippen LogP contribution in [0.15, 0.2) is 48.6 Å². The highest BCUT2D eigenvalue weighted by atomic mass is 31.2. The molecule has 0 aliphatic heterocycles. The van der Waals surface area contributed by atoms with Crippen LogP contribution in [0.3, 0.4) is 0 Å². The van der Waals surface area contributed by atoms with E-state index in [0.29, 0.717) is 17.4 Å². The predicted octanol–water partition coefficient (Wildman–Crippen LogP) is 15.0. The molecule has 0 aliphatic rings. The Morgan fingerprint density at radius 1 is 0.500 bits per heavy atom. The van der Waals surface area contributed by atoms with E-state index in [2.05, 4.69) is 62.5 Å². The lowest BCUT2D eigenvalue weighted by Crippen LogP contribution is -2.37. The molecule has 1 N–H and O–H groups in total. The third-order valence-electron chi connectivity index (χ3n) is 10.8. The van der Waals surface area contributed by atoms with Crippen LogP contribution in [-0.2, 0) is 32.7 Å². The fourth-order valence-electron chi connectivity index (χ4n) is 6.84. The number of quaternary nitrogens is 1. The largest absolute Gasteiger partial charge is 0.472 e. The van der Waals surface area contributed by atoms with E-state index in [0.717, 1.165) is 83.5 Å². The molecule has 0 saturated carbocycles. The number of esters is 2. The molecule has 0 spiro atoms. The standard InChI is InChI=1S/C52H96NO8P/c1-6-8-10-12-14-16-18-20-22-24-25-26-27-29-31-33-35-37-39-41-43-45-52(55)61-50(49-60-62(56,57)59-47-46-53(3,4)5)48-58-51(54)44-42-40-38-36-34-32-30-28-23-21-19-17-15-13-11-9-7-2/h18,20-21,23-25,27,29,50H,6-17,19,22,26,28,30-49H2,1-5H3/p+1/b20-18-,23-21-,25-24-,29-27-. The van der Waals surface area contributed by atoms with Crippen molar-refractivity contribution in [2.45, 2.75) is 225 Å². The van der Waals surface area contributed by atoms with Crippen molar-refractivity contribution >= 4 is 19.8 Å². The van der Waals surface area contributed by atoms with E-state index in [4.69, 9.17) is 18.5 Å². The summed E-state index contributed by atoms with van der Waals surface area (Å²) in [6.07, 6.45) is 53.0. The summed E-state index contributed by atoms with van der Waals surface area (Å²) in [4.78, 5) is 35.5. The van der Waals surface area contributed by atoms with Crippen LogP contribution in [0.1, 0.15) is 219 Å². The first-order chi connectivity index (χ1) is 30.0. The second-order valence-corrected chi connectivity index (χ2v) is 19.6. The van der Waals surface area contributed by atoms with Gasteiger partial charge in [-0.3, -0.25) is 18.6 Å². The van der Waals surface area contributed by atoms with Crippen molar-refractivity contribution in [2.75, 3.05) is 47.5 Å². The molecule has 0 aromatic rings. The van der Waals surface area contributed by atoms with E-state index in [9.17, 15) is 19.0 Å². The van der Waals surface area contributed by atoms with Crippen molar-refractivity contribution in [3.05, 3.63) is 48.6 Å². The molecule has 2 unspecified atom stereocenters. The summed E-state index contributed by atoms with van der Waals surface area (Å²) in [5, 5.41) is 0. The highest BCUT2D eigenvalue weighted by Gasteiger charge is 2.27. The Morgan fingerprint density at radius 2 is 0.871 bits per heavy atom. The Bertz CT molecular complexity index is 1190. The molecule has 0 heterocycles. The number of unbranched alkanes of at least 4 members (excludes halogenated alkanes) is 24. The van der Waals surface area contributed by atoms with E-state index in [1.807, 2.05) is 21.1 Å². The molecule has 0 aliphatic carbocycles. The number of ether oxygens (including phenoxy) is 2. The van der Waals surface area contributed by atoms with Crippen LogP contribution in [0.2, 0.25) is 0 Å². The average Bonchev–Trinajstić information content (AvgIpc) is 3.23. The van der Waals surface area contributed by atoms with Crippen molar-refractivity contribution in [3.8, 4) is 0 Å². The quantitative estimate of drug-likeness (QED) is 0.0212. The molecular formula is C52H97NO8P+. The Kier molecular flexibility index (Phi) is 42.7. The van der Waals surface area contributed by atoms with Gasteiger partial charge in [-0.1, -0.05) is 178 Å². The lowest BCUT2D eigenvalue weighted by molar-refractivity contribution is -0.870. The number of hydrogen-bond donors (Lipinski definition) is 1. The summed E-state index contributed by atoms with van der Waals surface area (Å²) in [5.41, 5.74) is 0. The minimum Gasteiger partial charge on any atom is -0.462 e. The number of carbonyl (C=O) groups excluding carboxylic acids is 2. The van der Waals surface area contributed by atoms with E-state index >= 15 is 0 Å². The Labute approximate surface area is 382 Å². The summed E-state index contributed by atoms with van der Waals surface area (Å²) >= 11 is 0. The number of likely N-dealkylation sites (N-methyl/N-ethyl adjacent to an activating group) is 1. The molecule has 0 aromatic carbocycles. The molecule has 10 heteroatoms. The third kappa shape index (κ3) is 47.4. The topological polar surface area (TPSA) is 108 Å². The molecule has 362 valence electrons. The summed E-state index contributed by atoms with van der Waals surface area (Å²) in [7, 11) is 1.46. The molecule has 0 rings (SSSR count). The van der Waals surface area contributed by atoms with Gasteiger partial charge >= 0.3 is 19.8 Å². The van der Waals surface area contributed by atoms with E-state index in [1.165, 1.54) is 103 Å². The van der Waals surface area contributed by atoms with Crippen LogP contribution in [0, 0.1) is 0 Å². The Morgan fingerprint density at radius 3 is 1.31 bits per heavy atom.